The van der Waals surface area contributed by atoms with Crippen molar-refractivity contribution >= 4 is 44.9 Å². The highest BCUT2D eigenvalue weighted by molar-refractivity contribution is 7.93. The Morgan fingerprint density at radius 3 is 2.58 bits per heavy atom. The minimum Gasteiger partial charge on any atom is -0.457 e. The number of sulfonamides is 1. The van der Waals surface area contributed by atoms with Gasteiger partial charge in [0, 0.05) is 12.1 Å². The van der Waals surface area contributed by atoms with E-state index in [4.69, 9.17) is 27.9 Å². The van der Waals surface area contributed by atoms with Crippen molar-refractivity contribution < 1.29 is 22.3 Å². The molecule has 0 radical (unpaired) electrons. The van der Waals surface area contributed by atoms with Crippen molar-refractivity contribution in [3.8, 4) is 0 Å². The zero-order valence-corrected chi connectivity index (χ0v) is 18.3. The summed E-state index contributed by atoms with van der Waals surface area (Å²) in [6, 6.07) is 15.2. The summed E-state index contributed by atoms with van der Waals surface area (Å²) < 4.78 is 46.9. The molecule has 0 aromatic heterocycles. The summed E-state index contributed by atoms with van der Waals surface area (Å²) in [5.41, 5.74) is 1.51. The molecule has 9 heteroatoms. The van der Waals surface area contributed by atoms with E-state index in [1.165, 1.54) is 40.7 Å². The molecule has 0 aliphatic carbocycles. The summed E-state index contributed by atoms with van der Waals surface area (Å²) in [6.07, 6.45) is 0.582. The lowest BCUT2D eigenvalue weighted by molar-refractivity contribution is 0.0469. The Kier molecular flexibility index (Phi) is 5.92. The van der Waals surface area contributed by atoms with E-state index in [1.54, 1.807) is 12.1 Å². The van der Waals surface area contributed by atoms with Crippen LogP contribution in [0.5, 0.6) is 0 Å². The Hall–Kier alpha value is -2.61. The van der Waals surface area contributed by atoms with Crippen LogP contribution in [0.25, 0.3) is 0 Å². The molecule has 0 fully saturated rings. The number of ether oxygens (including phenoxy) is 1. The van der Waals surface area contributed by atoms with Gasteiger partial charge in [-0.2, -0.15) is 0 Å². The molecule has 31 heavy (non-hydrogen) atoms. The number of nitrogens with zero attached hydrogens (tertiary/aromatic N) is 1. The first-order valence-corrected chi connectivity index (χ1v) is 11.5. The SMILES string of the molecule is O=C(OCc1c(F)cccc1Cl)c1ccc(Cl)c(S(=O)(=O)N2CCc3ccccc32)c1. The van der Waals surface area contributed by atoms with Crippen LogP contribution in [0.4, 0.5) is 10.1 Å². The van der Waals surface area contributed by atoms with Gasteiger partial charge in [-0.05, 0) is 48.4 Å². The Morgan fingerprint density at radius 2 is 1.81 bits per heavy atom. The van der Waals surface area contributed by atoms with Crippen LogP contribution in [0.3, 0.4) is 0 Å². The maximum absolute atomic E-state index is 13.9. The Balaban J connectivity index is 1.61. The summed E-state index contributed by atoms with van der Waals surface area (Å²) in [7, 11) is -4.01. The summed E-state index contributed by atoms with van der Waals surface area (Å²) in [4.78, 5) is 12.3. The third kappa shape index (κ3) is 4.13. The van der Waals surface area contributed by atoms with Crippen molar-refractivity contribution in [1.29, 1.82) is 0 Å². The van der Waals surface area contributed by atoms with Gasteiger partial charge in [0.05, 0.1) is 21.3 Å². The average Bonchev–Trinajstić information content (AvgIpc) is 3.18. The van der Waals surface area contributed by atoms with Crippen LogP contribution in [0, 0.1) is 5.82 Å². The van der Waals surface area contributed by atoms with Crippen LogP contribution in [-0.4, -0.2) is 20.9 Å². The zero-order valence-electron chi connectivity index (χ0n) is 16.0. The summed E-state index contributed by atoms with van der Waals surface area (Å²) >= 11 is 12.1. The van der Waals surface area contributed by atoms with E-state index < -0.39 is 28.4 Å². The number of esters is 1. The Bertz CT molecular complexity index is 1260. The first-order valence-electron chi connectivity index (χ1n) is 9.29. The number of halogens is 3. The van der Waals surface area contributed by atoms with Crippen LogP contribution in [0.2, 0.25) is 10.0 Å². The van der Waals surface area contributed by atoms with Crippen LogP contribution in [0.1, 0.15) is 21.5 Å². The first kappa shape index (κ1) is 21.6. The Labute approximate surface area is 189 Å². The molecule has 0 saturated heterocycles. The standard InChI is InChI=1S/C22H16Cl2FNO4S/c23-17-5-3-6-19(25)16(17)13-30-22(27)15-8-9-18(24)21(12-15)31(28,29)26-11-10-14-4-1-2-7-20(14)26/h1-9,12H,10-11,13H2. The van der Waals surface area contributed by atoms with Gasteiger partial charge in [0.1, 0.15) is 17.3 Å². The first-order chi connectivity index (χ1) is 14.8. The zero-order chi connectivity index (χ0) is 22.2. The van der Waals surface area contributed by atoms with Crippen LogP contribution in [0.15, 0.2) is 65.6 Å². The summed E-state index contributed by atoms with van der Waals surface area (Å²) in [5.74, 6) is -1.43. The van der Waals surface area contributed by atoms with Gasteiger partial charge < -0.3 is 4.74 Å². The monoisotopic (exact) mass is 479 g/mol. The molecule has 0 saturated carbocycles. The largest absolute Gasteiger partial charge is 0.457 e. The van der Waals surface area contributed by atoms with E-state index in [0.29, 0.717) is 12.1 Å². The predicted molar refractivity (Wildman–Crippen MR) is 117 cm³/mol. The van der Waals surface area contributed by atoms with Gasteiger partial charge in [-0.25, -0.2) is 17.6 Å². The smallest absolute Gasteiger partial charge is 0.338 e. The second-order valence-electron chi connectivity index (χ2n) is 6.88. The number of carbonyl (C=O) groups excluding carboxylic acids is 1. The van der Waals surface area contributed by atoms with Crippen molar-refractivity contribution in [1.82, 2.24) is 0 Å². The molecule has 4 rings (SSSR count). The quantitative estimate of drug-likeness (QED) is 0.469. The second kappa shape index (κ2) is 8.49. The fourth-order valence-corrected chi connectivity index (χ4v) is 5.62. The van der Waals surface area contributed by atoms with Crippen LogP contribution < -0.4 is 4.31 Å². The molecule has 0 bridgehead atoms. The lowest BCUT2D eigenvalue weighted by Crippen LogP contribution is -2.29. The van der Waals surface area contributed by atoms with Crippen molar-refractivity contribution in [3.63, 3.8) is 0 Å². The normalized spacial score (nSPS) is 13.2. The number of carbonyl (C=O) groups is 1. The molecule has 3 aromatic rings. The van der Waals surface area contributed by atoms with E-state index in [2.05, 4.69) is 0 Å². The fourth-order valence-electron chi connectivity index (χ4n) is 3.40. The molecular weight excluding hydrogens is 464 g/mol. The van der Waals surface area contributed by atoms with Crippen molar-refractivity contribution in [3.05, 3.63) is 93.2 Å². The fraction of sp³-hybridized carbons (Fsp3) is 0.136. The minimum atomic E-state index is -4.01. The molecule has 0 N–H and O–H groups in total. The highest BCUT2D eigenvalue weighted by Crippen LogP contribution is 2.35. The lowest BCUT2D eigenvalue weighted by Gasteiger charge is -2.20. The third-order valence-electron chi connectivity index (χ3n) is 4.99. The molecule has 0 atom stereocenters. The highest BCUT2D eigenvalue weighted by Gasteiger charge is 2.32. The van der Waals surface area contributed by atoms with E-state index in [-0.39, 0.29) is 32.6 Å². The van der Waals surface area contributed by atoms with Crippen LogP contribution in [-0.2, 0) is 27.8 Å². The molecule has 1 heterocycles. The molecule has 160 valence electrons. The molecule has 0 amide bonds. The lowest BCUT2D eigenvalue weighted by atomic mass is 10.2. The van der Waals surface area contributed by atoms with Gasteiger partial charge >= 0.3 is 5.97 Å². The second-order valence-corrected chi connectivity index (χ2v) is 9.52. The molecule has 0 unspecified atom stereocenters. The number of benzene rings is 3. The number of para-hydroxylation sites is 1. The highest BCUT2D eigenvalue weighted by atomic mass is 35.5. The van der Waals surface area contributed by atoms with E-state index in [1.807, 2.05) is 12.1 Å². The summed E-state index contributed by atoms with van der Waals surface area (Å²) in [6.45, 7) is -0.118. The van der Waals surface area contributed by atoms with Gasteiger partial charge in [-0.15, -0.1) is 0 Å². The number of fused-ring (bicyclic) bond motifs is 1. The average molecular weight is 480 g/mol. The van der Waals surface area contributed by atoms with E-state index >= 15 is 0 Å². The molecule has 0 spiro atoms. The predicted octanol–water partition coefficient (Wildman–Crippen LogP) is 5.24. The van der Waals surface area contributed by atoms with Crippen molar-refractivity contribution in [2.45, 2.75) is 17.9 Å². The minimum absolute atomic E-state index is 0.0157. The van der Waals surface area contributed by atoms with Gasteiger partial charge in [-0.3, -0.25) is 4.31 Å². The van der Waals surface area contributed by atoms with Crippen molar-refractivity contribution in [2.75, 3.05) is 10.8 Å². The third-order valence-corrected chi connectivity index (χ3v) is 7.64. The Morgan fingerprint density at radius 1 is 1.03 bits per heavy atom. The topological polar surface area (TPSA) is 63.7 Å². The molecule has 1 aliphatic rings. The maximum Gasteiger partial charge on any atom is 0.338 e. The number of rotatable bonds is 5. The molecule has 3 aromatic carbocycles. The number of hydrogen-bond donors (Lipinski definition) is 0. The number of anilines is 1. The molecular formula is C22H16Cl2FNO4S. The van der Waals surface area contributed by atoms with Gasteiger partial charge in [0.2, 0.25) is 0 Å². The molecule has 1 aliphatic heterocycles. The number of hydrogen-bond acceptors (Lipinski definition) is 4. The van der Waals surface area contributed by atoms with Gasteiger partial charge in [0.25, 0.3) is 10.0 Å². The summed E-state index contributed by atoms with van der Waals surface area (Å²) in [5, 5.41) is 0.109. The maximum atomic E-state index is 13.9. The van der Waals surface area contributed by atoms with E-state index in [9.17, 15) is 17.6 Å². The van der Waals surface area contributed by atoms with Gasteiger partial charge in [-0.1, -0.05) is 47.5 Å². The van der Waals surface area contributed by atoms with Gasteiger partial charge in [0.15, 0.2) is 0 Å². The van der Waals surface area contributed by atoms with E-state index in [0.717, 1.165) is 5.56 Å². The van der Waals surface area contributed by atoms with Crippen molar-refractivity contribution in [2.24, 2.45) is 0 Å². The molecule has 5 nitrogen and oxygen atoms in total. The van der Waals surface area contributed by atoms with Crippen LogP contribution >= 0.6 is 23.2 Å².